The number of unbranched alkanes of at least 4 members (excludes halogenated alkanes) is 12. The molecule has 0 aliphatic rings. The molecule has 4 aromatic heterocycles. The summed E-state index contributed by atoms with van der Waals surface area (Å²) in [7, 11) is 0. The summed E-state index contributed by atoms with van der Waals surface area (Å²) in [6.07, 6.45) is 46.6. The third-order valence-corrected chi connectivity index (χ3v) is 14.6. The van der Waals surface area contributed by atoms with Gasteiger partial charge in [-0.3, -0.25) is 9.36 Å². The van der Waals surface area contributed by atoms with E-state index in [1.165, 1.54) is 178 Å². The van der Waals surface area contributed by atoms with E-state index in [0.29, 0.717) is 0 Å². The van der Waals surface area contributed by atoms with Crippen LogP contribution in [0.5, 0.6) is 0 Å². The minimum absolute atomic E-state index is 0.742. The van der Waals surface area contributed by atoms with Crippen LogP contribution >= 0.6 is 0 Å². The van der Waals surface area contributed by atoms with Crippen molar-refractivity contribution in [3.05, 3.63) is 47.6 Å². The molecule has 0 fully saturated rings. The lowest BCUT2D eigenvalue weighted by atomic mass is 10.0. The molecule has 12 heteroatoms. The molecule has 452 valence electrons. The Balaban J connectivity index is 0.000000520. The average molecular weight is 1090 g/mol. The summed E-state index contributed by atoms with van der Waals surface area (Å²) < 4.78 is 8.24. The Hall–Kier alpha value is -3.44. The summed E-state index contributed by atoms with van der Waals surface area (Å²) in [6.45, 7) is 40.6. The number of aromatic nitrogens is 12. The Kier molecular flexibility index (Phi) is 43.9. The molecule has 4 heterocycles. The first-order valence-corrected chi connectivity index (χ1v) is 32.9. The van der Waals surface area contributed by atoms with Gasteiger partial charge >= 0.3 is 0 Å². The van der Waals surface area contributed by atoms with Crippen LogP contribution in [0.3, 0.4) is 0 Å². The molecule has 0 saturated heterocycles. The molecule has 0 aromatic carbocycles. The summed E-state index contributed by atoms with van der Waals surface area (Å²) in [5.41, 5.74) is 4.93. The average Bonchev–Trinajstić information content (AvgIpc) is 4.22. The summed E-state index contributed by atoms with van der Waals surface area (Å²) in [4.78, 5) is 0. The third kappa shape index (κ3) is 43.4. The molecule has 12 nitrogen and oxygen atoms in total. The Morgan fingerprint density at radius 1 is 0.282 bits per heavy atom. The fraction of sp³-hybridized carbons (Fsp3) is 0.879. The van der Waals surface area contributed by atoms with Gasteiger partial charge in [0.2, 0.25) is 0 Å². The van der Waals surface area contributed by atoms with Crippen LogP contribution in [0, 0.1) is 47.3 Å². The predicted octanol–water partition coefficient (Wildman–Crippen LogP) is 18.7. The minimum atomic E-state index is 0.742. The number of rotatable bonds is 42. The van der Waals surface area contributed by atoms with E-state index in [-0.39, 0.29) is 0 Å². The molecule has 0 radical (unpaired) electrons. The molecule has 0 unspecified atom stereocenters. The summed E-state index contributed by atoms with van der Waals surface area (Å²) in [5, 5.41) is 33.5. The molecule has 4 rings (SSSR count). The normalized spacial score (nSPS) is 11.7. The van der Waals surface area contributed by atoms with Gasteiger partial charge in [-0.1, -0.05) is 234 Å². The van der Waals surface area contributed by atoms with Crippen molar-refractivity contribution in [2.24, 2.45) is 47.3 Å². The van der Waals surface area contributed by atoms with Gasteiger partial charge < -0.3 is 0 Å². The molecule has 78 heavy (non-hydrogen) atoms. The second-order valence-corrected chi connectivity index (χ2v) is 26.7. The molecule has 0 amide bonds. The van der Waals surface area contributed by atoms with Crippen LogP contribution in [-0.2, 0) is 51.9 Å². The van der Waals surface area contributed by atoms with Gasteiger partial charge in [-0.15, -0.1) is 20.4 Å². The third-order valence-electron chi connectivity index (χ3n) is 14.6. The van der Waals surface area contributed by atoms with Crippen LogP contribution in [0.15, 0.2) is 24.8 Å². The maximum absolute atomic E-state index is 4.24. The van der Waals surface area contributed by atoms with Gasteiger partial charge in [0.1, 0.15) is 0 Å². The van der Waals surface area contributed by atoms with Gasteiger partial charge in [0.25, 0.3) is 0 Å². The van der Waals surface area contributed by atoms with Crippen molar-refractivity contribution in [3.63, 3.8) is 0 Å². The number of hydrogen-bond acceptors (Lipinski definition) is 8. The maximum atomic E-state index is 4.24. The lowest BCUT2D eigenvalue weighted by Crippen LogP contribution is -2.06. The van der Waals surface area contributed by atoms with Gasteiger partial charge in [-0.05, 0) is 137 Å². The quantitative estimate of drug-likeness (QED) is 0.0402. The van der Waals surface area contributed by atoms with Crippen molar-refractivity contribution in [2.75, 3.05) is 0 Å². The predicted molar refractivity (Wildman–Crippen MR) is 334 cm³/mol. The molecular weight excluding hydrogens is 961 g/mol. The molecule has 4 aromatic rings. The lowest BCUT2D eigenvalue weighted by molar-refractivity contribution is 0.468. The monoisotopic (exact) mass is 1090 g/mol. The standard InChI is InChI=1S/2C17H33N3.2C16H31N3/c2*1-15(2)10-7-5-6-8-12-17-14-18-19-20(17)13-9-11-16(3)4;2*1-14(2)9-7-5-6-8-12-19-13-16(17-18-19)11-10-15(3)4/h2*14-16H,5-13H2,1-4H3;2*13-15H,5-12H2,1-4H3. The highest BCUT2D eigenvalue weighted by atomic mass is 15.4. The largest absolute Gasteiger partial charge is 0.252 e. The van der Waals surface area contributed by atoms with Crippen LogP contribution in [0.1, 0.15) is 300 Å². The van der Waals surface area contributed by atoms with Crippen molar-refractivity contribution < 1.29 is 0 Å². The summed E-state index contributed by atoms with van der Waals surface area (Å²) in [6, 6.07) is 0. The van der Waals surface area contributed by atoms with Gasteiger partial charge in [0.05, 0.1) is 35.2 Å². The Morgan fingerprint density at radius 3 is 0.872 bits per heavy atom. The van der Waals surface area contributed by atoms with Crippen molar-refractivity contribution in [1.29, 1.82) is 0 Å². The van der Waals surface area contributed by atoms with Crippen LogP contribution < -0.4 is 0 Å². The van der Waals surface area contributed by atoms with Gasteiger partial charge in [0, 0.05) is 38.6 Å². The first-order valence-electron chi connectivity index (χ1n) is 32.9. The molecule has 0 aliphatic carbocycles. The highest BCUT2D eigenvalue weighted by Crippen LogP contribution is 2.16. The Labute approximate surface area is 482 Å². The first kappa shape index (κ1) is 72.6. The van der Waals surface area contributed by atoms with E-state index < -0.39 is 0 Å². The minimum Gasteiger partial charge on any atom is -0.252 e. The SMILES string of the molecule is CC(C)CCCCCCc1cnnn1CCCC(C)C.CC(C)CCCCCCc1cnnn1CCCC(C)C.CC(C)CCCCCCn1cc(CCC(C)C)nn1.CC(C)CCCCCCn1cc(CCC(C)C)nn1. The molecule has 0 N–H and O–H groups in total. The van der Waals surface area contributed by atoms with Crippen molar-refractivity contribution in [1.82, 2.24) is 60.0 Å². The fourth-order valence-electron chi connectivity index (χ4n) is 9.40. The van der Waals surface area contributed by atoms with E-state index in [9.17, 15) is 0 Å². The highest BCUT2D eigenvalue weighted by molar-refractivity contribution is 4.95. The molecular formula is C66H128N12. The van der Waals surface area contributed by atoms with Crippen LogP contribution in [0.4, 0.5) is 0 Å². The van der Waals surface area contributed by atoms with E-state index in [0.717, 1.165) is 111 Å². The molecule has 0 bridgehead atoms. The molecule has 0 saturated carbocycles. The molecule has 0 spiro atoms. The van der Waals surface area contributed by atoms with E-state index in [1.54, 1.807) is 0 Å². The lowest BCUT2D eigenvalue weighted by Gasteiger charge is -2.08. The number of aryl methyl sites for hydroxylation is 8. The van der Waals surface area contributed by atoms with Crippen molar-refractivity contribution >= 4 is 0 Å². The van der Waals surface area contributed by atoms with E-state index >= 15 is 0 Å². The number of nitrogens with zero attached hydrogens (tertiary/aromatic N) is 12. The maximum Gasteiger partial charge on any atom is 0.0827 e. The van der Waals surface area contributed by atoms with Crippen LogP contribution in [0.2, 0.25) is 0 Å². The molecule has 0 atom stereocenters. The van der Waals surface area contributed by atoms with Crippen molar-refractivity contribution in [3.8, 4) is 0 Å². The second kappa shape index (κ2) is 47.2. The smallest absolute Gasteiger partial charge is 0.0827 e. The zero-order valence-corrected chi connectivity index (χ0v) is 54.3. The zero-order chi connectivity index (χ0) is 57.8. The first-order chi connectivity index (χ1) is 37.3. The van der Waals surface area contributed by atoms with Gasteiger partial charge in [-0.2, -0.15) is 0 Å². The van der Waals surface area contributed by atoms with Crippen LogP contribution in [-0.4, -0.2) is 60.0 Å². The second-order valence-electron chi connectivity index (χ2n) is 26.7. The number of hydrogen-bond donors (Lipinski definition) is 0. The zero-order valence-electron chi connectivity index (χ0n) is 54.3. The highest BCUT2D eigenvalue weighted by Gasteiger charge is 2.08. The van der Waals surface area contributed by atoms with Gasteiger partial charge in [0.15, 0.2) is 0 Å². The van der Waals surface area contributed by atoms with Gasteiger partial charge in [-0.25, -0.2) is 9.36 Å². The van der Waals surface area contributed by atoms with E-state index in [2.05, 4.69) is 174 Å². The molecule has 0 aliphatic heterocycles. The van der Waals surface area contributed by atoms with E-state index in [4.69, 9.17) is 0 Å². The Bertz CT molecular complexity index is 1740. The van der Waals surface area contributed by atoms with Crippen LogP contribution in [0.25, 0.3) is 0 Å². The topological polar surface area (TPSA) is 123 Å². The summed E-state index contributed by atoms with van der Waals surface area (Å²) >= 11 is 0. The fourth-order valence-corrected chi connectivity index (χ4v) is 9.40. The van der Waals surface area contributed by atoms with Crippen molar-refractivity contribution in [2.45, 2.75) is 330 Å². The van der Waals surface area contributed by atoms with E-state index in [1.807, 2.05) is 21.8 Å². The Morgan fingerprint density at radius 2 is 0.564 bits per heavy atom. The summed E-state index contributed by atoms with van der Waals surface area (Å²) in [5.74, 6) is 6.43.